The highest BCUT2D eigenvalue weighted by molar-refractivity contribution is 5.80. The molecule has 2 N–H and O–H groups in total. The van der Waals surface area contributed by atoms with E-state index in [9.17, 15) is 9.18 Å². The molecule has 142 valence electrons. The maximum absolute atomic E-state index is 13.9. The maximum Gasteiger partial charge on any atom is 0.220 e. The van der Waals surface area contributed by atoms with Crippen molar-refractivity contribution in [2.24, 2.45) is 4.99 Å². The van der Waals surface area contributed by atoms with Crippen molar-refractivity contribution in [2.45, 2.75) is 31.7 Å². The van der Waals surface area contributed by atoms with Crippen molar-refractivity contribution in [1.82, 2.24) is 15.5 Å². The summed E-state index contributed by atoms with van der Waals surface area (Å²) in [4.78, 5) is 20.3. The van der Waals surface area contributed by atoms with Crippen LogP contribution in [0.4, 0.5) is 10.1 Å². The summed E-state index contributed by atoms with van der Waals surface area (Å²) in [6.45, 7) is 3.81. The molecule has 0 atom stereocenters. The Balaban J connectivity index is 1.39. The first-order valence-corrected chi connectivity index (χ1v) is 9.42. The van der Waals surface area contributed by atoms with E-state index in [1.165, 1.54) is 6.07 Å². The lowest BCUT2D eigenvalue weighted by Gasteiger charge is -2.37. The number of guanidine groups is 1. The Hall–Kier alpha value is -2.31. The molecule has 3 rings (SSSR count). The summed E-state index contributed by atoms with van der Waals surface area (Å²) in [5.74, 6) is 0.816. The number of hydrogen-bond acceptors (Lipinski definition) is 3. The summed E-state index contributed by atoms with van der Waals surface area (Å²) < 4.78 is 13.9. The van der Waals surface area contributed by atoms with Gasteiger partial charge < -0.3 is 20.4 Å². The summed E-state index contributed by atoms with van der Waals surface area (Å²) in [7, 11) is 1.77. The van der Waals surface area contributed by atoms with E-state index in [0.717, 1.165) is 57.9 Å². The van der Waals surface area contributed by atoms with Gasteiger partial charge in [-0.05, 0) is 31.4 Å². The fraction of sp³-hybridized carbons (Fsp3) is 0.579. The molecule has 1 saturated carbocycles. The van der Waals surface area contributed by atoms with E-state index < -0.39 is 0 Å². The summed E-state index contributed by atoms with van der Waals surface area (Å²) >= 11 is 0. The monoisotopic (exact) mass is 361 g/mol. The largest absolute Gasteiger partial charge is 0.366 e. The van der Waals surface area contributed by atoms with Crippen molar-refractivity contribution in [3.8, 4) is 0 Å². The number of nitrogens with one attached hydrogen (secondary N) is 2. The fourth-order valence-electron chi connectivity index (χ4n) is 3.18. The normalized spacial score (nSPS) is 18.0. The van der Waals surface area contributed by atoms with Crippen LogP contribution in [-0.4, -0.2) is 62.6 Å². The van der Waals surface area contributed by atoms with Gasteiger partial charge in [-0.25, -0.2) is 4.39 Å². The molecule has 0 unspecified atom stereocenters. The molecule has 1 saturated heterocycles. The molecule has 2 aliphatic rings. The predicted octanol–water partition coefficient (Wildman–Crippen LogP) is 1.58. The molecule has 6 nitrogen and oxygen atoms in total. The van der Waals surface area contributed by atoms with Gasteiger partial charge >= 0.3 is 0 Å². The van der Waals surface area contributed by atoms with Gasteiger partial charge in [0.25, 0.3) is 0 Å². The molecule has 7 heteroatoms. The van der Waals surface area contributed by atoms with Gasteiger partial charge in [0.1, 0.15) is 5.82 Å². The van der Waals surface area contributed by atoms with Gasteiger partial charge in [0.15, 0.2) is 5.96 Å². The molecule has 1 heterocycles. The smallest absolute Gasteiger partial charge is 0.220 e. The number of anilines is 1. The molecule has 1 aliphatic carbocycles. The third kappa shape index (κ3) is 5.09. The van der Waals surface area contributed by atoms with Crippen molar-refractivity contribution in [3.05, 3.63) is 30.1 Å². The van der Waals surface area contributed by atoms with E-state index >= 15 is 0 Å². The Bertz CT molecular complexity index is 639. The number of piperazine rings is 1. The molecule has 1 aromatic carbocycles. The van der Waals surface area contributed by atoms with Crippen LogP contribution >= 0.6 is 0 Å². The highest BCUT2D eigenvalue weighted by Gasteiger charge is 2.23. The molecule has 0 aromatic heterocycles. The molecule has 1 amide bonds. The summed E-state index contributed by atoms with van der Waals surface area (Å²) in [6.07, 6.45) is 3.57. The molecule has 1 aliphatic heterocycles. The van der Waals surface area contributed by atoms with Gasteiger partial charge in [-0.1, -0.05) is 12.1 Å². The second-order valence-electron chi connectivity index (χ2n) is 6.84. The summed E-state index contributed by atoms with van der Waals surface area (Å²) in [5, 5.41) is 6.33. The first kappa shape index (κ1) is 18.5. The van der Waals surface area contributed by atoms with E-state index in [4.69, 9.17) is 0 Å². The Morgan fingerprint density at radius 2 is 1.96 bits per heavy atom. The van der Waals surface area contributed by atoms with Crippen molar-refractivity contribution in [3.63, 3.8) is 0 Å². The van der Waals surface area contributed by atoms with Crippen LogP contribution in [0.15, 0.2) is 29.3 Å². The van der Waals surface area contributed by atoms with Gasteiger partial charge in [-0.3, -0.25) is 9.79 Å². The maximum atomic E-state index is 13.9. The van der Waals surface area contributed by atoms with Gasteiger partial charge in [-0.15, -0.1) is 0 Å². The lowest BCUT2D eigenvalue weighted by atomic mass is 10.2. The molecule has 2 fully saturated rings. The Kier molecular flexibility index (Phi) is 6.30. The number of halogens is 1. The van der Waals surface area contributed by atoms with E-state index in [1.807, 2.05) is 12.1 Å². The molecule has 0 bridgehead atoms. The van der Waals surface area contributed by atoms with Gasteiger partial charge in [0, 0.05) is 52.2 Å². The zero-order chi connectivity index (χ0) is 18.4. The van der Waals surface area contributed by atoms with Crippen LogP contribution in [0.5, 0.6) is 0 Å². The highest BCUT2D eigenvalue weighted by Crippen LogP contribution is 2.20. The predicted molar refractivity (Wildman–Crippen MR) is 102 cm³/mol. The second kappa shape index (κ2) is 8.87. The van der Waals surface area contributed by atoms with Crippen molar-refractivity contribution in [2.75, 3.05) is 44.7 Å². The number of aliphatic imine (C=N–C) groups is 1. The average Bonchev–Trinajstić information content (AvgIpc) is 3.46. The van der Waals surface area contributed by atoms with Crippen LogP contribution in [0.25, 0.3) is 0 Å². The molecular formula is C19H28FN5O. The standard InChI is InChI=1S/C19H28FN5O/c1-21-19(22-10-4-7-18(26)23-15-8-9-15)25-13-11-24(12-14-25)17-6-3-2-5-16(17)20/h2-3,5-6,15H,4,7-14H2,1H3,(H,21,22)(H,23,26). The third-order valence-corrected chi connectivity index (χ3v) is 4.79. The molecule has 26 heavy (non-hydrogen) atoms. The van der Waals surface area contributed by atoms with Crippen LogP contribution in [0, 0.1) is 5.82 Å². The molecule has 0 radical (unpaired) electrons. The van der Waals surface area contributed by atoms with Gasteiger partial charge in [-0.2, -0.15) is 0 Å². The topological polar surface area (TPSA) is 60.0 Å². The van der Waals surface area contributed by atoms with E-state index in [2.05, 4.69) is 25.4 Å². The first-order valence-electron chi connectivity index (χ1n) is 9.42. The number of para-hydroxylation sites is 1. The number of benzene rings is 1. The number of nitrogens with zero attached hydrogens (tertiary/aromatic N) is 3. The van der Waals surface area contributed by atoms with Gasteiger partial charge in [0.05, 0.1) is 5.69 Å². The minimum absolute atomic E-state index is 0.141. The second-order valence-corrected chi connectivity index (χ2v) is 6.84. The molecule has 1 aromatic rings. The number of carbonyl (C=O) groups is 1. The first-order chi connectivity index (χ1) is 12.7. The molecular weight excluding hydrogens is 333 g/mol. The minimum atomic E-state index is -0.173. The summed E-state index contributed by atoms with van der Waals surface area (Å²) in [6, 6.07) is 7.33. The van der Waals surface area contributed by atoms with E-state index in [0.29, 0.717) is 18.2 Å². The third-order valence-electron chi connectivity index (χ3n) is 4.79. The molecule has 0 spiro atoms. The van der Waals surface area contributed by atoms with Crippen molar-refractivity contribution in [1.29, 1.82) is 0 Å². The van der Waals surface area contributed by atoms with E-state index in [-0.39, 0.29) is 11.7 Å². The van der Waals surface area contributed by atoms with Crippen LogP contribution in [0.2, 0.25) is 0 Å². The number of carbonyl (C=O) groups excluding carboxylic acids is 1. The highest BCUT2D eigenvalue weighted by atomic mass is 19.1. The Morgan fingerprint density at radius 1 is 1.23 bits per heavy atom. The summed E-state index contributed by atoms with van der Waals surface area (Å²) in [5.41, 5.74) is 0.664. The fourth-order valence-corrected chi connectivity index (χ4v) is 3.18. The van der Waals surface area contributed by atoms with E-state index in [1.54, 1.807) is 13.1 Å². The Labute approximate surface area is 154 Å². The quantitative estimate of drug-likeness (QED) is 0.459. The van der Waals surface area contributed by atoms with Crippen LogP contribution < -0.4 is 15.5 Å². The van der Waals surface area contributed by atoms with Crippen molar-refractivity contribution >= 4 is 17.6 Å². The van der Waals surface area contributed by atoms with Crippen LogP contribution in [0.1, 0.15) is 25.7 Å². The Morgan fingerprint density at radius 3 is 2.62 bits per heavy atom. The number of amides is 1. The minimum Gasteiger partial charge on any atom is -0.366 e. The van der Waals surface area contributed by atoms with Crippen LogP contribution in [-0.2, 0) is 4.79 Å². The number of hydrogen-bond donors (Lipinski definition) is 2. The zero-order valence-electron chi connectivity index (χ0n) is 15.4. The average molecular weight is 361 g/mol. The van der Waals surface area contributed by atoms with Gasteiger partial charge in [0.2, 0.25) is 5.91 Å². The van der Waals surface area contributed by atoms with Crippen LogP contribution in [0.3, 0.4) is 0 Å². The lowest BCUT2D eigenvalue weighted by Crippen LogP contribution is -2.52. The SMILES string of the molecule is CN=C(NCCCC(=O)NC1CC1)N1CCN(c2ccccc2F)CC1. The lowest BCUT2D eigenvalue weighted by molar-refractivity contribution is -0.121. The van der Waals surface area contributed by atoms with Crippen molar-refractivity contribution < 1.29 is 9.18 Å². The zero-order valence-corrected chi connectivity index (χ0v) is 15.4. The number of rotatable bonds is 6.